The molecule has 102 valence electrons. The highest BCUT2D eigenvalue weighted by Crippen LogP contribution is 2.19. The van der Waals surface area contributed by atoms with Crippen LogP contribution in [0.1, 0.15) is 11.3 Å². The largest absolute Gasteiger partial charge is 0.446 e. The molecule has 0 aliphatic heterocycles. The SMILES string of the molecule is Cc1cc(I)ccc1NCc1ccc(S(N)(=O)=O)o1. The number of sulfonamides is 1. The third-order valence-corrected chi connectivity index (χ3v) is 4.01. The minimum absolute atomic E-state index is 0.219. The van der Waals surface area contributed by atoms with Gasteiger partial charge >= 0.3 is 0 Å². The van der Waals surface area contributed by atoms with E-state index in [1.165, 1.54) is 6.07 Å². The van der Waals surface area contributed by atoms with Gasteiger partial charge in [0, 0.05) is 9.26 Å². The highest BCUT2D eigenvalue weighted by Gasteiger charge is 2.13. The predicted octanol–water partition coefficient (Wildman–Crippen LogP) is 2.45. The average molecular weight is 392 g/mol. The number of primary sulfonamides is 1. The monoisotopic (exact) mass is 392 g/mol. The van der Waals surface area contributed by atoms with Crippen molar-refractivity contribution in [1.29, 1.82) is 0 Å². The fraction of sp³-hybridized carbons (Fsp3) is 0.167. The minimum atomic E-state index is -3.77. The van der Waals surface area contributed by atoms with E-state index < -0.39 is 10.0 Å². The summed E-state index contributed by atoms with van der Waals surface area (Å²) in [6.45, 7) is 2.40. The summed E-state index contributed by atoms with van der Waals surface area (Å²) in [6, 6.07) is 8.97. The molecule has 0 saturated heterocycles. The molecule has 0 aliphatic carbocycles. The number of rotatable bonds is 4. The number of hydrogen-bond donors (Lipinski definition) is 2. The summed E-state index contributed by atoms with van der Waals surface area (Å²) in [4.78, 5) is 0. The first-order chi connectivity index (χ1) is 8.86. The molecule has 1 aromatic carbocycles. The smallest absolute Gasteiger partial charge is 0.271 e. The summed E-state index contributed by atoms with van der Waals surface area (Å²) in [5.41, 5.74) is 2.10. The Morgan fingerprint density at radius 2 is 2.05 bits per heavy atom. The molecule has 2 aromatic rings. The summed E-state index contributed by atoms with van der Waals surface area (Å²) in [5, 5.41) is 7.94. The Kier molecular flexibility index (Phi) is 4.16. The Labute approximate surface area is 125 Å². The molecule has 0 amide bonds. The Bertz CT molecular complexity index is 695. The van der Waals surface area contributed by atoms with Crippen molar-refractivity contribution in [3.05, 3.63) is 45.2 Å². The minimum Gasteiger partial charge on any atom is -0.446 e. The van der Waals surface area contributed by atoms with Gasteiger partial charge in [0.05, 0.1) is 6.54 Å². The van der Waals surface area contributed by atoms with Crippen LogP contribution in [0.3, 0.4) is 0 Å². The van der Waals surface area contributed by atoms with Crippen LogP contribution < -0.4 is 10.5 Å². The van der Waals surface area contributed by atoms with Crippen molar-refractivity contribution in [2.45, 2.75) is 18.6 Å². The normalized spacial score (nSPS) is 11.5. The standard InChI is InChI=1S/C12H13IN2O3S/c1-8-6-9(13)2-4-11(8)15-7-10-3-5-12(18-10)19(14,16)17/h2-6,15H,7H2,1H3,(H2,14,16,17). The van der Waals surface area contributed by atoms with Crippen molar-refractivity contribution in [3.63, 3.8) is 0 Å². The first-order valence-corrected chi connectivity index (χ1v) is 8.10. The second kappa shape index (κ2) is 5.51. The number of halogens is 1. The second-order valence-electron chi connectivity index (χ2n) is 4.08. The highest BCUT2D eigenvalue weighted by atomic mass is 127. The van der Waals surface area contributed by atoms with Gasteiger partial charge in [-0.3, -0.25) is 0 Å². The molecule has 1 heterocycles. The first kappa shape index (κ1) is 14.4. The highest BCUT2D eigenvalue weighted by molar-refractivity contribution is 14.1. The Morgan fingerprint density at radius 3 is 2.63 bits per heavy atom. The lowest BCUT2D eigenvalue weighted by atomic mass is 10.2. The van der Waals surface area contributed by atoms with Crippen LogP contribution in [0.25, 0.3) is 0 Å². The maximum Gasteiger partial charge on any atom is 0.271 e. The molecule has 0 unspecified atom stereocenters. The van der Waals surface area contributed by atoms with Crippen LogP contribution >= 0.6 is 22.6 Å². The molecule has 0 radical (unpaired) electrons. The molecule has 0 bridgehead atoms. The summed E-state index contributed by atoms with van der Waals surface area (Å²) >= 11 is 2.25. The van der Waals surface area contributed by atoms with Crippen molar-refractivity contribution in [2.75, 3.05) is 5.32 Å². The van der Waals surface area contributed by atoms with Gasteiger partial charge in [-0.05, 0) is 65.4 Å². The third-order valence-electron chi connectivity index (χ3n) is 2.56. The van der Waals surface area contributed by atoms with E-state index in [0.29, 0.717) is 12.3 Å². The zero-order valence-corrected chi connectivity index (χ0v) is 13.2. The molecule has 3 N–H and O–H groups in total. The quantitative estimate of drug-likeness (QED) is 0.783. The Balaban J connectivity index is 2.09. The van der Waals surface area contributed by atoms with Crippen LogP contribution in [-0.4, -0.2) is 8.42 Å². The van der Waals surface area contributed by atoms with Gasteiger partial charge in [-0.1, -0.05) is 0 Å². The fourth-order valence-corrected chi connectivity index (χ4v) is 2.74. The van der Waals surface area contributed by atoms with Crippen LogP contribution in [0.5, 0.6) is 0 Å². The molecule has 5 nitrogen and oxygen atoms in total. The van der Waals surface area contributed by atoms with Crippen LogP contribution in [-0.2, 0) is 16.6 Å². The van der Waals surface area contributed by atoms with Crippen molar-refractivity contribution in [1.82, 2.24) is 0 Å². The average Bonchev–Trinajstić information content (AvgIpc) is 2.76. The molecule has 0 aliphatic rings. The topological polar surface area (TPSA) is 85.3 Å². The molecule has 0 spiro atoms. The van der Waals surface area contributed by atoms with Crippen molar-refractivity contribution in [3.8, 4) is 0 Å². The molecule has 0 saturated carbocycles. The third kappa shape index (κ3) is 3.71. The van der Waals surface area contributed by atoms with Crippen LogP contribution in [0.2, 0.25) is 0 Å². The summed E-state index contributed by atoms with van der Waals surface area (Å²) < 4.78 is 28.5. The lowest BCUT2D eigenvalue weighted by molar-refractivity contribution is 0.419. The Morgan fingerprint density at radius 1 is 1.32 bits per heavy atom. The van der Waals surface area contributed by atoms with Gasteiger partial charge in [-0.25, -0.2) is 13.6 Å². The van der Waals surface area contributed by atoms with Gasteiger partial charge in [0.15, 0.2) is 0 Å². The lowest BCUT2D eigenvalue weighted by Crippen LogP contribution is -2.10. The van der Waals surface area contributed by atoms with E-state index in [4.69, 9.17) is 9.56 Å². The van der Waals surface area contributed by atoms with Gasteiger partial charge in [-0.15, -0.1) is 0 Å². The van der Waals surface area contributed by atoms with Crippen molar-refractivity contribution in [2.24, 2.45) is 5.14 Å². The maximum absolute atomic E-state index is 11.1. The van der Waals surface area contributed by atoms with Gasteiger partial charge in [0.2, 0.25) is 5.09 Å². The molecular weight excluding hydrogens is 379 g/mol. The van der Waals surface area contributed by atoms with Crippen molar-refractivity contribution < 1.29 is 12.8 Å². The molecule has 0 atom stereocenters. The number of benzene rings is 1. The molecule has 2 rings (SSSR count). The zero-order valence-electron chi connectivity index (χ0n) is 10.2. The second-order valence-corrected chi connectivity index (χ2v) is 6.82. The van der Waals surface area contributed by atoms with Gasteiger partial charge in [0.1, 0.15) is 5.76 Å². The van der Waals surface area contributed by atoms with E-state index in [2.05, 4.69) is 34.0 Å². The van der Waals surface area contributed by atoms with Crippen LogP contribution in [0.15, 0.2) is 39.8 Å². The Hall–Kier alpha value is -1.06. The summed E-state index contributed by atoms with van der Waals surface area (Å²) in [6.07, 6.45) is 0. The van der Waals surface area contributed by atoms with Gasteiger partial charge in [0.25, 0.3) is 10.0 Å². The van der Waals surface area contributed by atoms with E-state index in [1.54, 1.807) is 6.07 Å². The predicted molar refractivity (Wildman–Crippen MR) is 81.3 cm³/mol. The van der Waals surface area contributed by atoms with E-state index >= 15 is 0 Å². The number of aryl methyl sites for hydroxylation is 1. The first-order valence-electron chi connectivity index (χ1n) is 5.48. The van der Waals surface area contributed by atoms with Crippen LogP contribution in [0.4, 0.5) is 5.69 Å². The lowest BCUT2D eigenvalue weighted by Gasteiger charge is -2.08. The fourth-order valence-electron chi connectivity index (χ4n) is 1.61. The summed E-state index contributed by atoms with van der Waals surface area (Å²) in [7, 11) is -3.77. The van der Waals surface area contributed by atoms with Gasteiger partial charge in [-0.2, -0.15) is 0 Å². The molecule has 0 fully saturated rings. The molecule has 7 heteroatoms. The zero-order chi connectivity index (χ0) is 14.0. The van der Waals surface area contributed by atoms with E-state index in [1.807, 2.05) is 19.1 Å². The van der Waals surface area contributed by atoms with E-state index in [-0.39, 0.29) is 5.09 Å². The number of nitrogens with two attached hydrogens (primary N) is 1. The molecular formula is C12H13IN2O3S. The van der Waals surface area contributed by atoms with Crippen LogP contribution in [0, 0.1) is 10.5 Å². The number of hydrogen-bond acceptors (Lipinski definition) is 4. The maximum atomic E-state index is 11.1. The number of nitrogens with one attached hydrogen (secondary N) is 1. The van der Waals surface area contributed by atoms with E-state index in [0.717, 1.165) is 14.8 Å². The van der Waals surface area contributed by atoms with Crippen molar-refractivity contribution >= 4 is 38.3 Å². The number of anilines is 1. The number of furan rings is 1. The molecule has 1 aromatic heterocycles. The summed E-state index contributed by atoms with van der Waals surface area (Å²) in [5.74, 6) is 0.516. The van der Waals surface area contributed by atoms with E-state index in [9.17, 15) is 8.42 Å². The molecule has 19 heavy (non-hydrogen) atoms. The van der Waals surface area contributed by atoms with Gasteiger partial charge < -0.3 is 9.73 Å².